The average molecular weight is 281 g/mol. The first kappa shape index (κ1) is 16.8. The van der Waals surface area contributed by atoms with E-state index < -0.39 is 6.68 Å². The molecule has 0 atom stereocenters. The lowest BCUT2D eigenvalue weighted by Gasteiger charge is -2.39. The molecule has 0 bridgehead atoms. The van der Waals surface area contributed by atoms with Gasteiger partial charge in [0.05, 0.1) is 13.2 Å². The number of halogens is 3. The third-order valence-corrected chi connectivity index (χ3v) is 4.25. The van der Waals surface area contributed by atoms with Crippen molar-refractivity contribution in [1.82, 2.24) is 4.90 Å². The van der Waals surface area contributed by atoms with Gasteiger partial charge in [-0.1, -0.05) is 13.8 Å². The summed E-state index contributed by atoms with van der Waals surface area (Å²) in [7, 11) is 0. The molecular weight excluding hydrogens is 255 g/mol. The third kappa shape index (κ3) is 6.61. The highest BCUT2D eigenvalue weighted by Crippen LogP contribution is 2.32. The zero-order valence-electron chi connectivity index (χ0n) is 12.0. The van der Waals surface area contributed by atoms with Gasteiger partial charge in [-0.3, -0.25) is 4.90 Å². The minimum atomic E-state index is -3.67. The first-order chi connectivity index (χ1) is 9.00. The van der Waals surface area contributed by atoms with Crippen molar-refractivity contribution in [2.24, 2.45) is 11.8 Å². The molecule has 2 rings (SSSR count). The molecule has 2 aliphatic rings. The zero-order chi connectivity index (χ0) is 14.3. The Balaban J connectivity index is 0.000000399. The monoisotopic (exact) mass is 281 g/mol. The molecule has 2 fully saturated rings. The lowest BCUT2D eigenvalue weighted by atomic mass is 9.79. The molecule has 0 amide bonds. The predicted molar refractivity (Wildman–Crippen MR) is 70.1 cm³/mol. The Bertz CT molecular complexity index is 222. The number of ether oxygens (including phenoxy) is 1. The molecule has 0 aromatic heterocycles. The van der Waals surface area contributed by atoms with Gasteiger partial charge in [-0.15, -0.1) is 0 Å². The van der Waals surface area contributed by atoms with Crippen LogP contribution in [-0.4, -0.2) is 43.9 Å². The number of alkyl halides is 3. The molecule has 1 aliphatic carbocycles. The maximum Gasteiger partial charge on any atom is 0.379 e. The van der Waals surface area contributed by atoms with Crippen molar-refractivity contribution in [3.05, 3.63) is 0 Å². The quantitative estimate of drug-likeness (QED) is 0.765. The fraction of sp³-hybridized carbons (Fsp3) is 1.00. The van der Waals surface area contributed by atoms with Gasteiger partial charge >= 0.3 is 6.68 Å². The fourth-order valence-electron chi connectivity index (χ4n) is 3.08. The number of morpholine rings is 1. The molecule has 0 N–H and O–H groups in total. The second-order valence-corrected chi connectivity index (χ2v) is 5.71. The van der Waals surface area contributed by atoms with Crippen LogP contribution in [0, 0.1) is 11.8 Å². The SMILES string of the molecule is CC(C)C1CCC(N2CCOCC2)CC1.FC(F)F. The van der Waals surface area contributed by atoms with Crippen molar-refractivity contribution < 1.29 is 17.9 Å². The molecule has 2 nitrogen and oxygen atoms in total. The minimum absolute atomic E-state index is 0.865. The third-order valence-electron chi connectivity index (χ3n) is 4.25. The van der Waals surface area contributed by atoms with Crippen LogP contribution in [0.2, 0.25) is 0 Å². The highest BCUT2D eigenvalue weighted by molar-refractivity contribution is 4.81. The van der Waals surface area contributed by atoms with Crippen molar-refractivity contribution in [3.8, 4) is 0 Å². The van der Waals surface area contributed by atoms with E-state index in [1.807, 2.05) is 0 Å². The van der Waals surface area contributed by atoms with Crippen molar-refractivity contribution in [3.63, 3.8) is 0 Å². The predicted octanol–water partition coefficient (Wildman–Crippen LogP) is 3.71. The Morgan fingerprint density at radius 2 is 1.42 bits per heavy atom. The summed E-state index contributed by atoms with van der Waals surface area (Å²) in [6.45, 7) is 5.31. The molecule has 0 unspecified atom stereocenters. The van der Waals surface area contributed by atoms with Gasteiger partial charge < -0.3 is 4.74 Å². The fourth-order valence-corrected chi connectivity index (χ4v) is 3.08. The normalized spacial score (nSPS) is 29.2. The highest BCUT2D eigenvalue weighted by Gasteiger charge is 2.27. The second kappa shape index (κ2) is 8.80. The summed E-state index contributed by atoms with van der Waals surface area (Å²) in [5, 5.41) is 0. The maximum absolute atomic E-state index is 9.67. The van der Waals surface area contributed by atoms with Gasteiger partial charge in [0, 0.05) is 19.1 Å². The van der Waals surface area contributed by atoms with Gasteiger partial charge in [0.25, 0.3) is 0 Å². The maximum atomic E-state index is 9.67. The van der Waals surface area contributed by atoms with E-state index in [-0.39, 0.29) is 0 Å². The molecular formula is C14H26F3NO. The molecule has 1 saturated heterocycles. The van der Waals surface area contributed by atoms with Crippen molar-refractivity contribution in [2.75, 3.05) is 26.3 Å². The highest BCUT2D eigenvalue weighted by atomic mass is 19.4. The van der Waals surface area contributed by atoms with Crippen molar-refractivity contribution in [1.29, 1.82) is 0 Å². The van der Waals surface area contributed by atoms with Crippen LogP contribution >= 0.6 is 0 Å². The molecule has 114 valence electrons. The van der Waals surface area contributed by atoms with Crippen LogP contribution in [0.15, 0.2) is 0 Å². The first-order valence-electron chi connectivity index (χ1n) is 7.24. The van der Waals surface area contributed by atoms with Crippen LogP contribution in [0.1, 0.15) is 39.5 Å². The first-order valence-corrected chi connectivity index (χ1v) is 7.24. The van der Waals surface area contributed by atoms with E-state index in [1.165, 1.54) is 25.7 Å². The summed E-state index contributed by atoms with van der Waals surface area (Å²) < 4.78 is 34.4. The average Bonchev–Trinajstić information content (AvgIpc) is 2.39. The minimum Gasteiger partial charge on any atom is -0.379 e. The summed E-state index contributed by atoms with van der Waals surface area (Å²) in [5.74, 6) is 1.87. The number of hydrogen-bond acceptors (Lipinski definition) is 2. The van der Waals surface area contributed by atoms with E-state index >= 15 is 0 Å². The Morgan fingerprint density at radius 3 is 1.84 bits per heavy atom. The van der Waals surface area contributed by atoms with Gasteiger partial charge in [0.2, 0.25) is 0 Å². The van der Waals surface area contributed by atoms with Crippen LogP contribution < -0.4 is 0 Å². The topological polar surface area (TPSA) is 12.5 Å². The number of hydrogen-bond donors (Lipinski definition) is 0. The molecule has 1 heterocycles. The van der Waals surface area contributed by atoms with E-state index in [1.54, 1.807) is 0 Å². The van der Waals surface area contributed by atoms with Crippen LogP contribution in [0.3, 0.4) is 0 Å². The molecule has 0 aromatic carbocycles. The van der Waals surface area contributed by atoms with Gasteiger partial charge in [-0.05, 0) is 37.5 Å². The van der Waals surface area contributed by atoms with Crippen molar-refractivity contribution in [2.45, 2.75) is 52.3 Å². The van der Waals surface area contributed by atoms with Crippen molar-refractivity contribution >= 4 is 0 Å². The van der Waals surface area contributed by atoms with Gasteiger partial charge in [-0.25, -0.2) is 0 Å². The summed E-state index contributed by atoms with van der Waals surface area (Å²) in [5.41, 5.74) is 0. The lowest BCUT2D eigenvalue weighted by Crippen LogP contribution is -2.45. The van der Waals surface area contributed by atoms with E-state index in [2.05, 4.69) is 18.7 Å². The Labute approximate surface area is 114 Å². The van der Waals surface area contributed by atoms with Crippen LogP contribution in [0.25, 0.3) is 0 Å². The standard InChI is InChI=1S/C13H25NO.CHF3/c1-11(2)12-3-5-13(6-4-12)14-7-9-15-10-8-14;2-1(3)4/h11-13H,3-10H2,1-2H3;1H. The lowest BCUT2D eigenvalue weighted by molar-refractivity contribution is 0.00308. The second-order valence-electron chi connectivity index (χ2n) is 5.71. The Morgan fingerprint density at radius 1 is 0.947 bits per heavy atom. The Kier molecular flexibility index (Phi) is 7.76. The Hall–Kier alpha value is -0.290. The van der Waals surface area contributed by atoms with Crippen LogP contribution in [0.4, 0.5) is 13.2 Å². The van der Waals surface area contributed by atoms with Gasteiger partial charge in [0.15, 0.2) is 0 Å². The molecule has 0 aromatic rings. The molecule has 0 radical (unpaired) electrons. The molecule has 5 heteroatoms. The largest absolute Gasteiger partial charge is 0.379 e. The summed E-state index contributed by atoms with van der Waals surface area (Å²) >= 11 is 0. The molecule has 0 spiro atoms. The molecule has 1 saturated carbocycles. The summed E-state index contributed by atoms with van der Waals surface area (Å²) in [4.78, 5) is 2.65. The molecule has 19 heavy (non-hydrogen) atoms. The number of rotatable bonds is 2. The zero-order valence-corrected chi connectivity index (χ0v) is 12.0. The van der Waals surface area contributed by atoms with E-state index in [4.69, 9.17) is 4.74 Å². The van der Waals surface area contributed by atoms with E-state index in [0.29, 0.717) is 0 Å². The number of nitrogens with zero attached hydrogens (tertiary/aromatic N) is 1. The molecule has 1 aliphatic heterocycles. The van der Waals surface area contributed by atoms with Gasteiger partial charge in [-0.2, -0.15) is 13.2 Å². The van der Waals surface area contributed by atoms with Crippen LogP contribution in [0.5, 0.6) is 0 Å². The van der Waals surface area contributed by atoms with E-state index in [0.717, 1.165) is 44.2 Å². The van der Waals surface area contributed by atoms with Crippen LogP contribution in [-0.2, 0) is 4.74 Å². The summed E-state index contributed by atoms with van der Waals surface area (Å²) in [6, 6.07) is 0.865. The summed E-state index contributed by atoms with van der Waals surface area (Å²) in [6.07, 6.45) is 5.73. The van der Waals surface area contributed by atoms with E-state index in [9.17, 15) is 13.2 Å². The van der Waals surface area contributed by atoms with Gasteiger partial charge in [0.1, 0.15) is 0 Å². The smallest absolute Gasteiger partial charge is 0.379 e.